The van der Waals surface area contributed by atoms with Gasteiger partial charge in [0.25, 0.3) is 11.8 Å². The molecule has 4 rings (SSSR count). The van der Waals surface area contributed by atoms with E-state index in [4.69, 9.17) is 19.9 Å². The van der Waals surface area contributed by atoms with E-state index in [-0.39, 0.29) is 12.4 Å². The Morgan fingerprint density at radius 2 is 1.90 bits per heavy atom. The topological polar surface area (TPSA) is 170 Å². The summed E-state index contributed by atoms with van der Waals surface area (Å²) in [6.45, 7) is 5.00. The van der Waals surface area contributed by atoms with Crippen LogP contribution in [0.15, 0.2) is 54.1 Å². The van der Waals surface area contributed by atoms with Gasteiger partial charge in [0, 0.05) is 5.75 Å². The fraction of sp³-hybridized carbons (Fsp3) is 0.481. The van der Waals surface area contributed by atoms with E-state index in [0.717, 1.165) is 5.56 Å². The number of ether oxygens (including phenoxy) is 3. The van der Waals surface area contributed by atoms with E-state index in [1.54, 1.807) is 51.1 Å². The second-order valence-corrected chi connectivity index (χ2v) is 11.7. The highest BCUT2D eigenvalue weighted by Gasteiger charge is 2.58. The van der Waals surface area contributed by atoms with E-state index < -0.39 is 59.1 Å². The third-order valence-corrected chi connectivity index (χ3v) is 7.77. The van der Waals surface area contributed by atoms with E-state index in [1.165, 1.54) is 16.7 Å². The fourth-order valence-electron chi connectivity index (χ4n) is 4.44. The lowest BCUT2D eigenvalue weighted by molar-refractivity contribution is -0.178. The highest BCUT2D eigenvalue weighted by Crippen LogP contribution is 2.39. The molecule has 1 aromatic rings. The summed E-state index contributed by atoms with van der Waals surface area (Å²) in [6, 6.07) is 7.94. The number of alkyl carbamates (subject to hydrolysis) is 1. The number of benzene rings is 1. The minimum atomic E-state index is -1.98. The van der Waals surface area contributed by atoms with Crippen molar-refractivity contribution in [3.05, 3.63) is 59.7 Å². The first-order chi connectivity index (χ1) is 18.9. The van der Waals surface area contributed by atoms with Gasteiger partial charge in [-0.05, 0) is 44.7 Å². The first kappa shape index (κ1) is 29.4. The Morgan fingerprint density at radius 1 is 1.18 bits per heavy atom. The van der Waals surface area contributed by atoms with E-state index in [2.05, 4.69) is 10.6 Å². The van der Waals surface area contributed by atoms with Crippen LogP contribution in [0.1, 0.15) is 39.2 Å². The van der Waals surface area contributed by atoms with Crippen LogP contribution in [0, 0.1) is 0 Å². The van der Waals surface area contributed by atoms with Crippen LogP contribution in [0.25, 0.3) is 0 Å². The molecule has 12 nitrogen and oxygen atoms in total. The molecule has 2 fully saturated rings. The number of fused-ring (bicyclic) bond motifs is 1. The molecular formula is C27H34N4O8S. The number of carbonyl (C=O) groups excluding carboxylic acids is 4. The Balaban J connectivity index is 1.42. The normalized spacial score (nSPS) is 25.4. The van der Waals surface area contributed by atoms with Crippen LogP contribution in [-0.4, -0.2) is 74.8 Å². The van der Waals surface area contributed by atoms with Crippen molar-refractivity contribution in [1.82, 2.24) is 15.5 Å². The highest BCUT2D eigenvalue weighted by molar-refractivity contribution is 8.00. The van der Waals surface area contributed by atoms with Crippen LogP contribution in [0.5, 0.6) is 0 Å². The lowest BCUT2D eigenvalue weighted by atomic mass is 9.91. The zero-order valence-corrected chi connectivity index (χ0v) is 23.3. The molecule has 0 aromatic heterocycles. The lowest BCUT2D eigenvalue weighted by Gasteiger charge is -2.53. The highest BCUT2D eigenvalue weighted by atomic mass is 32.2. The Kier molecular flexibility index (Phi) is 8.76. The van der Waals surface area contributed by atoms with E-state index in [1.807, 2.05) is 18.2 Å². The standard InChI is InChI=1S/C27H34N4O8S/c1-26(2,3)39-24(35)30-27(28,17-12-8-5-9-13-17)23(34)29-19-20(33)31-21(18(32)15-40-22(19)31)38-25(36)37-14-16-10-6-4-7-11-16/h4-8,10-11,13,18-19,21-22,32H,9,12,14-15,28H2,1-3H3,(H,29,34)(H,30,35)/t18?,19-,21?,22+,27?/m1/s1. The molecule has 5 atom stereocenters. The summed E-state index contributed by atoms with van der Waals surface area (Å²) in [7, 11) is 0. The summed E-state index contributed by atoms with van der Waals surface area (Å²) in [5.41, 5.74) is 4.86. The predicted octanol–water partition coefficient (Wildman–Crippen LogP) is 1.88. The fourth-order valence-corrected chi connectivity index (χ4v) is 5.76. The quantitative estimate of drug-likeness (QED) is 0.163. The van der Waals surface area contributed by atoms with Gasteiger partial charge in [-0.2, -0.15) is 0 Å². The maximum Gasteiger partial charge on any atom is 0.510 e. The minimum Gasteiger partial charge on any atom is -0.444 e. The van der Waals surface area contributed by atoms with Gasteiger partial charge < -0.3 is 24.6 Å². The Bertz CT molecular complexity index is 1200. The zero-order chi connectivity index (χ0) is 29.1. The number of amides is 3. The van der Waals surface area contributed by atoms with Gasteiger partial charge in [-0.15, -0.1) is 11.8 Å². The van der Waals surface area contributed by atoms with Gasteiger partial charge in [0.05, 0.1) is 0 Å². The summed E-state index contributed by atoms with van der Waals surface area (Å²) < 4.78 is 15.7. The molecule has 3 amide bonds. The van der Waals surface area contributed by atoms with Gasteiger partial charge >= 0.3 is 12.2 Å². The van der Waals surface area contributed by atoms with E-state index in [0.29, 0.717) is 18.4 Å². The largest absolute Gasteiger partial charge is 0.510 e. The molecule has 0 radical (unpaired) electrons. The molecule has 2 aliphatic heterocycles. The molecule has 2 heterocycles. The van der Waals surface area contributed by atoms with Crippen LogP contribution < -0.4 is 16.4 Å². The Labute approximate surface area is 236 Å². The van der Waals surface area contributed by atoms with Gasteiger partial charge in [-0.25, -0.2) is 9.59 Å². The molecule has 0 spiro atoms. The monoisotopic (exact) mass is 574 g/mol. The first-order valence-electron chi connectivity index (χ1n) is 12.8. The van der Waals surface area contributed by atoms with Crippen LogP contribution in [0.3, 0.4) is 0 Å². The number of nitrogens with one attached hydrogen (secondary N) is 2. The second kappa shape index (κ2) is 11.9. The van der Waals surface area contributed by atoms with E-state index >= 15 is 0 Å². The van der Waals surface area contributed by atoms with Gasteiger partial charge in [0.2, 0.25) is 6.23 Å². The maximum atomic E-state index is 13.5. The summed E-state index contributed by atoms with van der Waals surface area (Å²) in [5.74, 6) is -1.25. The average Bonchev–Trinajstić information content (AvgIpc) is 2.91. The zero-order valence-electron chi connectivity index (χ0n) is 22.5. The van der Waals surface area contributed by atoms with Gasteiger partial charge in [0.1, 0.15) is 29.7 Å². The summed E-state index contributed by atoms with van der Waals surface area (Å²) in [5, 5.41) is 14.9. The number of nitrogens with two attached hydrogens (primary N) is 1. The summed E-state index contributed by atoms with van der Waals surface area (Å²) >= 11 is 1.21. The second-order valence-electron chi connectivity index (χ2n) is 10.6. The van der Waals surface area contributed by atoms with Crippen molar-refractivity contribution in [3.8, 4) is 0 Å². The van der Waals surface area contributed by atoms with E-state index in [9.17, 15) is 24.3 Å². The predicted molar refractivity (Wildman–Crippen MR) is 145 cm³/mol. The molecule has 2 saturated heterocycles. The van der Waals surface area contributed by atoms with Crippen LogP contribution in [0.2, 0.25) is 0 Å². The molecule has 13 heteroatoms. The van der Waals surface area contributed by atoms with Crippen molar-refractivity contribution < 1.29 is 38.5 Å². The van der Waals surface area contributed by atoms with Crippen molar-refractivity contribution in [2.45, 2.75) is 75.2 Å². The Hall–Kier alpha value is -3.55. The number of aliphatic hydroxyl groups excluding tert-OH is 1. The summed E-state index contributed by atoms with van der Waals surface area (Å²) in [4.78, 5) is 52.8. The molecular weight excluding hydrogens is 540 g/mol. The summed E-state index contributed by atoms with van der Waals surface area (Å²) in [6.07, 6.45) is 1.92. The van der Waals surface area contributed by atoms with Crippen molar-refractivity contribution in [3.63, 3.8) is 0 Å². The van der Waals surface area contributed by atoms with Gasteiger partial charge in [0.15, 0.2) is 5.66 Å². The molecule has 1 aliphatic carbocycles. The first-order valence-corrected chi connectivity index (χ1v) is 13.9. The molecule has 5 N–H and O–H groups in total. The third-order valence-electron chi connectivity index (χ3n) is 6.39. The van der Waals surface area contributed by atoms with Crippen molar-refractivity contribution in [2.75, 3.05) is 5.75 Å². The maximum absolute atomic E-state index is 13.5. The molecule has 0 saturated carbocycles. The minimum absolute atomic E-state index is 0.0401. The van der Waals surface area contributed by atoms with Gasteiger partial charge in [-0.1, -0.05) is 48.6 Å². The number of rotatable bonds is 7. The number of thioether (sulfide) groups is 1. The molecule has 3 unspecified atom stereocenters. The molecule has 0 bridgehead atoms. The molecule has 40 heavy (non-hydrogen) atoms. The van der Waals surface area contributed by atoms with Crippen molar-refractivity contribution in [2.24, 2.45) is 5.73 Å². The number of nitrogens with zero attached hydrogens (tertiary/aromatic N) is 1. The number of aliphatic hydroxyl groups is 1. The Morgan fingerprint density at radius 3 is 2.55 bits per heavy atom. The molecule has 3 aliphatic rings. The number of allylic oxidation sites excluding steroid dienone is 3. The molecule has 1 aromatic carbocycles. The van der Waals surface area contributed by atoms with Crippen molar-refractivity contribution >= 4 is 35.8 Å². The van der Waals surface area contributed by atoms with Crippen LogP contribution in [-0.2, 0) is 30.4 Å². The van der Waals surface area contributed by atoms with Crippen LogP contribution in [0.4, 0.5) is 9.59 Å². The third kappa shape index (κ3) is 6.60. The average molecular weight is 575 g/mol. The smallest absolute Gasteiger partial charge is 0.444 e. The SMILES string of the molecule is CC(C)(C)OC(=O)NC(N)(C(=O)N[C@@H]1C(=O)N2C(OC(=O)OCc3ccccc3)C(O)CS[C@@H]12)C1=CCC=CC1. The van der Waals surface area contributed by atoms with Crippen molar-refractivity contribution in [1.29, 1.82) is 0 Å². The number of hydrogen-bond acceptors (Lipinski definition) is 10. The molecule has 216 valence electrons. The van der Waals surface area contributed by atoms with Gasteiger partial charge in [-0.3, -0.25) is 25.5 Å². The number of hydrogen-bond donors (Lipinski definition) is 4. The lowest BCUT2D eigenvalue weighted by Crippen LogP contribution is -2.78. The number of β-lactam (4-membered cyclic amide) rings is 1. The number of carbonyl (C=O) groups is 4. The van der Waals surface area contributed by atoms with Crippen LogP contribution >= 0.6 is 11.8 Å².